The SMILES string of the molecule is CN(C)S(=O)(=O)c1cccc(COC(=O)[C@@H]2C[C@@H]3CCCC[C@H]3N2S(=O)(=O)c2ccccc2)c1. The van der Waals surface area contributed by atoms with Crippen molar-refractivity contribution >= 4 is 26.0 Å². The van der Waals surface area contributed by atoms with Crippen LogP contribution in [0.3, 0.4) is 0 Å². The summed E-state index contributed by atoms with van der Waals surface area (Å²) in [5.74, 6) is -0.479. The standard InChI is InChI=1S/C24H30N2O6S2/c1-25(2)33(28,29)21-13-8-9-18(15-21)17-32-24(27)23-16-19-10-6-7-14-22(19)26(23)34(30,31)20-11-4-3-5-12-20/h3-5,8-9,11-13,15,19,22-23H,6-7,10,14,16-17H2,1-2H3/t19-,22+,23-/m0/s1. The molecule has 2 aliphatic rings. The van der Waals surface area contributed by atoms with Crippen LogP contribution in [0.25, 0.3) is 0 Å². The maximum atomic E-state index is 13.5. The molecule has 2 aromatic rings. The van der Waals surface area contributed by atoms with Crippen LogP contribution in [0.4, 0.5) is 0 Å². The molecule has 0 amide bonds. The van der Waals surface area contributed by atoms with Gasteiger partial charge in [0, 0.05) is 20.1 Å². The number of hydrogen-bond donors (Lipinski definition) is 0. The van der Waals surface area contributed by atoms with Crippen molar-refractivity contribution in [3.63, 3.8) is 0 Å². The van der Waals surface area contributed by atoms with Crippen molar-refractivity contribution < 1.29 is 26.4 Å². The molecule has 1 aliphatic carbocycles. The molecule has 2 fully saturated rings. The number of nitrogens with zero attached hydrogens (tertiary/aromatic N) is 2. The second kappa shape index (κ2) is 9.77. The van der Waals surface area contributed by atoms with E-state index in [0.717, 1.165) is 30.0 Å². The van der Waals surface area contributed by atoms with Crippen molar-refractivity contribution in [3.05, 3.63) is 60.2 Å². The van der Waals surface area contributed by atoms with E-state index in [1.165, 1.54) is 30.5 Å². The first kappa shape index (κ1) is 24.8. The summed E-state index contributed by atoms with van der Waals surface area (Å²) in [7, 11) is -4.60. The van der Waals surface area contributed by atoms with Crippen molar-refractivity contribution in [2.75, 3.05) is 14.1 Å². The third-order valence-corrected chi connectivity index (χ3v) is 10.4. The van der Waals surface area contributed by atoms with Crippen LogP contribution in [0.15, 0.2) is 64.4 Å². The Labute approximate surface area is 201 Å². The van der Waals surface area contributed by atoms with Crippen molar-refractivity contribution in [2.24, 2.45) is 5.92 Å². The number of fused-ring (bicyclic) bond motifs is 1. The smallest absolute Gasteiger partial charge is 0.324 e. The van der Waals surface area contributed by atoms with Crippen LogP contribution in [-0.2, 0) is 36.2 Å². The van der Waals surface area contributed by atoms with Gasteiger partial charge in [-0.25, -0.2) is 21.1 Å². The number of esters is 1. The minimum Gasteiger partial charge on any atom is -0.460 e. The van der Waals surface area contributed by atoms with E-state index in [0.29, 0.717) is 12.0 Å². The summed E-state index contributed by atoms with van der Waals surface area (Å²) in [6.07, 6.45) is 4.00. The van der Waals surface area contributed by atoms with Gasteiger partial charge >= 0.3 is 5.97 Å². The Morgan fingerprint density at radius 3 is 2.35 bits per heavy atom. The number of rotatable bonds is 7. The Kier molecular flexibility index (Phi) is 7.14. The minimum atomic E-state index is -3.87. The van der Waals surface area contributed by atoms with Crippen molar-refractivity contribution in [1.29, 1.82) is 0 Å². The Morgan fingerprint density at radius 2 is 1.65 bits per heavy atom. The van der Waals surface area contributed by atoms with E-state index in [-0.39, 0.29) is 28.4 Å². The van der Waals surface area contributed by atoms with Gasteiger partial charge in [-0.05, 0) is 55.0 Å². The fourth-order valence-electron chi connectivity index (χ4n) is 4.94. The van der Waals surface area contributed by atoms with Crippen LogP contribution in [0.1, 0.15) is 37.7 Å². The molecule has 0 bridgehead atoms. The molecule has 0 N–H and O–H groups in total. The van der Waals surface area contributed by atoms with Gasteiger partial charge in [0.05, 0.1) is 9.79 Å². The number of ether oxygens (including phenoxy) is 1. The molecule has 1 aliphatic heterocycles. The molecule has 10 heteroatoms. The molecule has 0 spiro atoms. The van der Waals surface area contributed by atoms with Crippen LogP contribution < -0.4 is 0 Å². The predicted octanol–water partition coefficient (Wildman–Crippen LogP) is 3.00. The number of sulfonamides is 2. The lowest BCUT2D eigenvalue weighted by Crippen LogP contribution is -2.46. The summed E-state index contributed by atoms with van der Waals surface area (Å²) in [6, 6.07) is 13.3. The molecule has 0 radical (unpaired) electrons. The molecule has 34 heavy (non-hydrogen) atoms. The Hall–Kier alpha value is -2.27. The van der Waals surface area contributed by atoms with Gasteiger partial charge in [-0.1, -0.05) is 43.2 Å². The van der Waals surface area contributed by atoms with E-state index < -0.39 is 32.1 Å². The third kappa shape index (κ3) is 4.77. The van der Waals surface area contributed by atoms with Gasteiger partial charge in [0.1, 0.15) is 12.6 Å². The van der Waals surface area contributed by atoms with E-state index in [2.05, 4.69) is 0 Å². The van der Waals surface area contributed by atoms with Crippen LogP contribution >= 0.6 is 0 Å². The largest absolute Gasteiger partial charge is 0.460 e. The maximum Gasteiger partial charge on any atom is 0.324 e. The van der Waals surface area contributed by atoms with Gasteiger partial charge in [-0.2, -0.15) is 4.31 Å². The number of carbonyl (C=O) groups excluding carboxylic acids is 1. The molecule has 4 rings (SSSR count). The molecule has 1 saturated carbocycles. The molecule has 0 aromatic heterocycles. The van der Waals surface area contributed by atoms with E-state index in [4.69, 9.17) is 4.74 Å². The Bertz CT molecular complexity index is 1250. The zero-order valence-corrected chi connectivity index (χ0v) is 21.0. The second-order valence-corrected chi connectivity index (χ2v) is 13.0. The molecular formula is C24H30N2O6S2. The summed E-state index contributed by atoms with van der Waals surface area (Å²) in [4.78, 5) is 13.5. The van der Waals surface area contributed by atoms with Crippen molar-refractivity contribution in [2.45, 2.75) is 60.6 Å². The summed E-state index contributed by atoms with van der Waals surface area (Å²) < 4.78 is 60.0. The first-order valence-electron chi connectivity index (χ1n) is 11.4. The van der Waals surface area contributed by atoms with Crippen molar-refractivity contribution in [1.82, 2.24) is 8.61 Å². The highest BCUT2D eigenvalue weighted by atomic mass is 32.2. The van der Waals surface area contributed by atoms with E-state index in [1.807, 2.05) is 0 Å². The average Bonchev–Trinajstić information content (AvgIpc) is 3.24. The monoisotopic (exact) mass is 506 g/mol. The summed E-state index contributed by atoms with van der Waals surface area (Å²) in [6.45, 7) is -0.138. The topological polar surface area (TPSA) is 101 Å². The average molecular weight is 507 g/mol. The minimum absolute atomic E-state index is 0.103. The quantitative estimate of drug-likeness (QED) is 0.535. The first-order valence-corrected chi connectivity index (χ1v) is 14.3. The van der Waals surface area contributed by atoms with Gasteiger partial charge in [0.15, 0.2) is 0 Å². The molecule has 1 heterocycles. The molecule has 184 valence electrons. The van der Waals surface area contributed by atoms with Crippen LogP contribution in [-0.4, -0.2) is 57.6 Å². The third-order valence-electron chi connectivity index (χ3n) is 6.68. The zero-order valence-electron chi connectivity index (χ0n) is 19.3. The number of carbonyl (C=O) groups is 1. The summed E-state index contributed by atoms with van der Waals surface area (Å²) >= 11 is 0. The lowest BCUT2D eigenvalue weighted by Gasteiger charge is -2.32. The molecule has 0 unspecified atom stereocenters. The predicted molar refractivity (Wildman–Crippen MR) is 127 cm³/mol. The van der Waals surface area contributed by atoms with Gasteiger partial charge in [-0.3, -0.25) is 4.79 Å². The highest BCUT2D eigenvalue weighted by molar-refractivity contribution is 7.89. The summed E-state index contributed by atoms with van der Waals surface area (Å²) in [5.41, 5.74) is 0.518. The molecule has 1 saturated heterocycles. The van der Waals surface area contributed by atoms with E-state index in [9.17, 15) is 21.6 Å². The Balaban J connectivity index is 1.56. The molecule has 3 atom stereocenters. The van der Waals surface area contributed by atoms with Crippen LogP contribution in [0.2, 0.25) is 0 Å². The highest BCUT2D eigenvalue weighted by Crippen LogP contribution is 2.43. The zero-order chi connectivity index (χ0) is 24.5. The van der Waals surface area contributed by atoms with Gasteiger partial charge in [0.25, 0.3) is 0 Å². The van der Waals surface area contributed by atoms with Gasteiger partial charge in [0.2, 0.25) is 20.0 Å². The molecule has 2 aromatic carbocycles. The fourth-order valence-corrected chi connectivity index (χ4v) is 7.80. The fraction of sp³-hybridized carbons (Fsp3) is 0.458. The van der Waals surface area contributed by atoms with Crippen molar-refractivity contribution in [3.8, 4) is 0 Å². The maximum absolute atomic E-state index is 13.5. The Morgan fingerprint density at radius 1 is 0.971 bits per heavy atom. The number of hydrogen-bond acceptors (Lipinski definition) is 6. The molecular weight excluding hydrogens is 476 g/mol. The van der Waals surface area contributed by atoms with Crippen LogP contribution in [0, 0.1) is 5.92 Å². The second-order valence-electron chi connectivity index (χ2n) is 9.05. The van der Waals surface area contributed by atoms with Gasteiger partial charge < -0.3 is 4.74 Å². The lowest BCUT2D eigenvalue weighted by molar-refractivity contribution is -0.149. The lowest BCUT2D eigenvalue weighted by atomic mass is 9.85. The first-order chi connectivity index (χ1) is 16.1. The van der Waals surface area contributed by atoms with E-state index in [1.54, 1.807) is 42.5 Å². The van der Waals surface area contributed by atoms with Crippen LogP contribution in [0.5, 0.6) is 0 Å². The van der Waals surface area contributed by atoms with Gasteiger partial charge in [-0.15, -0.1) is 0 Å². The summed E-state index contributed by atoms with van der Waals surface area (Å²) in [5, 5.41) is 0. The number of benzene rings is 2. The van der Waals surface area contributed by atoms with E-state index >= 15 is 0 Å². The normalized spacial score (nSPS) is 23.6. The highest BCUT2D eigenvalue weighted by Gasteiger charge is 2.51. The molecule has 8 nitrogen and oxygen atoms in total.